The number of allylic oxidation sites excluding steroid dienone is 2. The van der Waals surface area contributed by atoms with Crippen LogP contribution in [-0.2, 0) is 24.2 Å². The van der Waals surface area contributed by atoms with Gasteiger partial charge in [-0.25, -0.2) is 4.79 Å². The number of anilines is 1. The van der Waals surface area contributed by atoms with Crippen molar-refractivity contribution in [3.05, 3.63) is 88.9 Å². The first-order chi connectivity index (χ1) is 22.1. The molecule has 0 radical (unpaired) electrons. The molecule has 232 valence electrons. The summed E-state index contributed by atoms with van der Waals surface area (Å²) in [6, 6.07) is 16.0. The Morgan fingerprint density at radius 2 is 1.84 bits per heavy atom. The lowest BCUT2D eigenvalue weighted by Gasteiger charge is -2.39. The van der Waals surface area contributed by atoms with Crippen LogP contribution in [0, 0.1) is 0 Å². The molecule has 1 saturated heterocycles. The molecule has 0 unspecified atom stereocenters. The highest BCUT2D eigenvalue weighted by molar-refractivity contribution is 5.95. The first-order valence-electron chi connectivity index (χ1n) is 15.9. The summed E-state index contributed by atoms with van der Waals surface area (Å²) in [6.45, 7) is 3.41. The molecule has 2 N–H and O–H groups in total. The number of hydrogen-bond acceptors (Lipinski definition) is 6. The van der Waals surface area contributed by atoms with Gasteiger partial charge in [0, 0.05) is 73.1 Å². The van der Waals surface area contributed by atoms with Crippen molar-refractivity contribution < 1.29 is 14.3 Å². The van der Waals surface area contributed by atoms with Gasteiger partial charge >= 0.3 is 6.03 Å². The molecule has 7 rings (SSSR count). The van der Waals surface area contributed by atoms with Gasteiger partial charge < -0.3 is 24.8 Å². The average Bonchev–Trinajstić information content (AvgIpc) is 3.41. The number of aromatic amines is 1. The van der Waals surface area contributed by atoms with Crippen molar-refractivity contribution in [3.63, 3.8) is 0 Å². The van der Waals surface area contributed by atoms with Gasteiger partial charge in [-0.1, -0.05) is 36.4 Å². The lowest BCUT2D eigenvalue weighted by molar-refractivity contribution is -0.128. The molecule has 3 aromatic rings. The lowest BCUT2D eigenvalue weighted by Crippen LogP contribution is -2.48. The second-order valence-electron chi connectivity index (χ2n) is 12.0. The summed E-state index contributed by atoms with van der Waals surface area (Å²) in [6.07, 6.45) is 10.9. The van der Waals surface area contributed by atoms with Crippen molar-refractivity contribution in [1.82, 2.24) is 24.9 Å². The van der Waals surface area contributed by atoms with E-state index < -0.39 is 0 Å². The number of nitrogens with zero attached hydrogens (tertiary/aromatic N) is 5. The third-order valence-electron chi connectivity index (χ3n) is 9.36. The van der Waals surface area contributed by atoms with Gasteiger partial charge in [0.05, 0.1) is 19.3 Å². The molecule has 0 aliphatic carbocycles. The highest BCUT2D eigenvalue weighted by Crippen LogP contribution is 2.31. The van der Waals surface area contributed by atoms with Crippen molar-refractivity contribution in [1.29, 1.82) is 0 Å². The number of methoxy groups -OCH3 is 1. The summed E-state index contributed by atoms with van der Waals surface area (Å²) in [7, 11) is 1.66. The molecule has 0 atom stereocenters. The Bertz CT molecular complexity index is 1670. The molecule has 10 nitrogen and oxygen atoms in total. The molecular formula is C35H39N7O3. The van der Waals surface area contributed by atoms with Crippen LogP contribution < -0.4 is 10.1 Å². The van der Waals surface area contributed by atoms with Gasteiger partial charge in [0.2, 0.25) is 0 Å². The van der Waals surface area contributed by atoms with Crippen LogP contribution in [0.3, 0.4) is 0 Å². The minimum absolute atomic E-state index is 0.0395. The minimum atomic E-state index is -0.0581. The molecule has 3 amide bonds. The van der Waals surface area contributed by atoms with E-state index in [9.17, 15) is 9.59 Å². The normalized spacial score (nSPS) is 21.3. The molecule has 5 heterocycles. The largest absolute Gasteiger partial charge is 0.497 e. The molecule has 2 aromatic carbocycles. The Kier molecular flexibility index (Phi) is 8.11. The number of nitrogens with one attached hydrogen (secondary N) is 2. The van der Waals surface area contributed by atoms with Crippen LogP contribution in [0.5, 0.6) is 5.75 Å². The standard InChI is InChI=1S/C35H39N7O3/c1-45-28-10-11-30-25(21-28)12-20-42(35(44)37-30)26-13-17-40(18-14-26)27-9-5-6-16-36-32(22-27)34(43)41-19-15-31-29(23-41)33(39-38-31)24-7-3-2-4-8-24/h2-4,7-11,16,21-22,26H,5-6,12-15,17-20,23H2,1H3,(H,37,44)(H,38,39)/b27-9+,32-22-,36-16?. The first kappa shape index (κ1) is 28.9. The van der Waals surface area contributed by atoms with Gasteiger partial charge in [-0.3, -0.25) is 14.9 Å². The SMILES string of the molecule is COc1ccc2c(c1)CCN(C1CCN(C3=C/CCC=N/C(C(=O)N4CCc5[nH]nc(-c6ccccc6)c5C4)=C\3)CC1)C(=O)N2. The zero-order valence-electron chi connectivity index (χ0n) is 25.7. The molecule has 0 saturated carbocycles. The van der Waals surface area contributed by atoms with Crippen LogP contribution in [0.4, 0.5) is 10.5 Å². The van der Waals surface area contributed by atoms with Crippen LogP contribution in [-0.4, -0.2) is 82.4 Å². The maximum absolute atomic E-state index is 13.9. The molecule has 4 aliphatic heterocycles. The number of carbonyl (C=O) groups is 2. The Hall–Kier alpha value is -4.86. The highest BCUT2D eigenvalue weighted by atomic mass is 16.5. The molecule has 0 bridgehead atoms. The van der Waals surface area contributed by atoms with Crippen LogP contribution in [0.2, 0.25) is 0 Å². The number of urea groups is 1. The molecule has 1 aromatic heterocycles. The Morgan fingerprint density at radius 1 is 1.00 bits per heavy atom. The molecule has 45 heavy (non-hydrogen) atoms. The predicted octanol–water partition coefficient (Wildman–Crippen LogP) is 5.16. The fourth-order valence-electron chi connectivity index (χ4n) is 6.85. The number of rotatable bonds is 5. The Morgan fingerprint density at radius 3 is 2.67 bits per heavy atom. The van der Waals surface area contributed by atoms with Gasteiger partial charge in [0.1, 0.15) is 11.4 Å². The average molecular weight is 606 g/mol. The maximum atomic E-state index is 13.9. The number of hydrogen-bond donors (Lipinski definition) is 2. The van der Waals surface area contributed by atoms with Gasteiger partial charge in [0.15, 0.2) is 0 Å². The highest BCUT2D eigenvalue weighted by Gasteiger charge is 2.32. The predicted molar refractivity (Wildman–Crippen MR) is 174 cm³/mol. The monoisotopic (exact) mass is 605 g/mol. The third kappa shape index (κ3) is 5.96. The number of ether oxygens (including phenoxy) is 1. The van der Waals surface area contributed by atoms with E-state index >= 15 is 0 Å². The van der Waals surface area contributed by atoms with E-state index in [1.807, 2.05) is 58.5 Å². The third-order valence-corrected chi connectivity index (χ3v) is 9.36. The summed E-state index contributed by atoms with van der Waals surface area (Å²) in [5, 5.41) is 10.9. The van der Waals surface area contributed by atoms with E-state index in [1.54, 1.807) is 7.11 Å². The summed E-state index contributed by atoms with van der Waals surface area (Å²) in [5.74, 6) is 0.744. The quantitative estimate of drug-likeness (QED) is 0.418. The van der Waals surface area contributed by atoms with Gasteiger partial charge in [-0.2, -0.15) is 5.10 Å². The number of piperidine rings is 1. The van der Waals surface area contributed by atoms with Crippen molar-refractivity contribution in [2.45, 2.75) is 51.1 Å². The van der Waals surface area contributed by atoms with Crippen LogP contribution in [0.1, 0.15) is 42.5 Å². The van der Waals surface area contributed by atoms with Crippen LogP contribution in [0.25, 0.3) is 11.3 Å². The topological polar surface area (TPSA) is 106 Å². The fourth-order valence-corrected chi connectivity index (χ4v) is 6.85. The molecular weight excluding hydrogens is 566 g/mol. The lowest BCUT2D eigenvalue weighted by atomic mass is 10.0. The molecule has 4 aliphatic rings. The van der Waals surface area contributed by atoms with E-state index in [-0.39, 0.29) is 18.0 Å². The number of likely N-dealkylation sites (tertiary alicyclic amines) is 1. The summed E-state index contributed by atoms with van der Waals surface area (Å²) >= 11 is 0. The maximum Gasteiger partial charge on any atom is 0.322 e. The van der Waals surface area contributed by atoms with E-state index in [4.69, 9.17) is 4.74 Å². The zero-order chi connectivity index (χ0) is 30.8. The second-order valence-corrected chi connectivity index (χ2v) is 12.0. The van der Waals surface area contributed by atoms with Gasteiger partial charge in [-0.05, 0) is 61.9 Å². The second kappa shape index (κ2) is 12.6. The molecule has 10 heteroatoms. The molecule has 1 fully saturated rings. The van der Waals surface area contributed by atoms with Crippen LogP contribution >= 0.6 is 0 Å². The number of H-pyrrole nitrogens is 1. The van der Waals surface area contributed by atoms with Gasteiger partial charge in [-0.15, -0.1) is 0 Å². The smallest absolute Gasteiger partial charge is 0.322 e. The van der Waals surface area contributed by atoms with Gasteiger partial charge in [0.25, 0.3) is 5.91 Å². The summed E-state index contributed by atoms with van der Waals surface area (Å²) in [4.78, 5) is 38.0. The van der Waals surface area contributed by atoms with E-state index in [0.29, 0.717) is 25.3 Å². The number of carbonyl (C=O) groups excluding carboxylic acids is 2. The fraction of sp³-hybridized carbons (Fsp3) is 0.371. The van der Waals surface area contributed by atoms with Crippen LogP contribution in [0.15, 0.2) is 77.1 Å². The number of amides is 3. The number of benzene rings is 2. The Balaban J connectivity index is 1.02. The minimum Gasteiger partial charge on any atom is -0.497 e. The van der Waals surface area contributed by atoms with E-state index in [1.165, 1.54) is 0 Å². The van der Waals surface area contributed by atoms with Crippen molar-refractivity contribution in [2.24, 2.45) is 4.99 Å². The number of aromatic nitrogens is 2. The zero-order valence-corrected chi connectivity index (χ0v) is 25.7. The van der Waals surface area contributed by atoms with Crippen molar-refractivity contribution in [3.8, 4) is 17.0 Å². The summed E-state index contributed by atoms with van der Waals surface area (Å²) in [5.41, 5.74) is 7.59. The number of aliphatic imine (C=N–C) groups is 1. The van der Waals surface area contributed by atoms with E-state index in [2.05, 4.69) is 43.6 Å². The van der Waals surface area contributed by atoms with E-state index in [0.717, 1.165) is 96.8 Å². The van der Waals surface area contributed by atoms with Crippen molar-refractivity contribution >= 4 is 23.8 Å². The van der Waals surface area contributed by atoms with Crippen molar-refractivity contribution in [2.75, 3.05) is 38.6 Å². The first-order valence-corrected chi connectivity index (χ1v) is 15.9. The molecule has 0 spiro atoms. The number of fused-ring (bicyclic) bond motifs is 2. The Labute approximate surface area is 263 Å². The summed E-state index contributed by atoms with van der Waals surface area (Å²) < 4.78 is 5.39.